The molecule has 0 aromatic heterocycles. The molecule has 1 saturated heterocycles. The van der Waals surface area contributed by atoms with Gasteiger partial charge in [0.1, 0.15) is 13.1 Å². The minimum Gasteiger partial charge on any atom is -0.370 e. The van der Waals surface area contributed by atoms with Crippen LogP contribution in [0.1, 0.15) is 18.9 Å². The van der Waals surface area contributed by atoms with Crippen molar-refractivity contribution >= 4 is 27.5 Å². The smallest absolute Gasteiger partial charge is 0.293 e. The normalized spacial score (nSPS) is 16.4. The van der Waals surface area contributed by atoms with E-state index in [2.05, 4.69) is 39.8 Å². The van der Waals surface area contributed by atoms with E-state index >= 15 is 0 Å². The summed E-state index contributed by atoms with van der Waals surface area (Å²) in [6, 6.07) is 8.00. The van der Waals surface area contributed by atoms with Gasteiger partial charge in [-0.05, 0) is 24.1 Å². The predicted molar refractivity (Wildman–Crippen MR) is 90.1 cm³/mol. The van der Waals surface area contributed by atoms with Crippen molar-refractivity contribution in [1.82, 2.24) is 10.9 Å². The molecule has 120 valence electrons. The first-order chi connectivity index (χ1) is 10.7. The minimum absolute atomic E-state index is 0.00369. The van der Waals surface area contributed by atoms with E-state index in [9.17, 15) is 4.79 Å². The zero-order valence-electron chi connectivity index (χ0n) is 12.8. The van der Waals surface area contributed by atoms with E-state index in [1.54, 1.807) is 0 Å². The van der Waals surface area contributed by atoms with Gasteiger partial charge in [0.05, 0.1) is 18.9 Å². The van der Waals surface area contributed by atoms with Crippen LogP contribution >= 0.6 is 15.9 Å². The SMILES string of the molecule is CC/C=C(\NNC(=O)C[NH+]1CCOCC1)c1ccc(Br)cc1. The van der Waals surface area contributed by atoms with Crippen LogP contribution in [0.4, 0.5) is 0 Å². The van der Waals surface area contributed by atoms with Gasteiger partial charge in [0, 0.05) is 4.47 Å². The number of quaternary nitrogens is 1. The Hall–Kier alpha value is -1.37. The maximum atomic E-state index is 12.0. The molecule has 1 aliphatic heterocycles. The summed E-state index contributed by atoms with van der Waals surface area (Å²) in [7, 11) is 0. The van der Waals surface area contributed by atoms with Gasteiger partial charge in [-0.3, -0.25) is 15.6 Å². The molecule has 0 bridgehead atoms. The zero-order valence-corrected chi connectivity index (χ0v) is 14.4. The van der Waals surface area contributed by atoms with Crippen LogP contribution in [0, 0.1) is 0 Å². The van der Waals surface area contributed by atoms with Gasteiger partial charge < -0.3 is 9.64 Å². The molecule has 1 aromatic rings. The molecule has 6 heteroatoms. The Morgan fingerprint density at radius 1 is 1.27 bits per heavy atom. The molecule has 0 spiro atoms. The summed E-state index contributed by atoms with van der Waals surface area (Å²) in [6.07, 6.45) is 2.95. The van der Waals surface area contributed by atoms with Crippen molar-refractivity contribution in [1.29, 1.82) is 0 Å². The van der Waals surface area contributed by atoms with E-state index in [1.807, 2.05) is 24.3 Å². The molecule has 0 atom stereocenters. The molecule has 1 fully saturated rings. The maximum Gasteiger partial charge on any atom is 0.293 e. The van der Waals surface area contributed by atoms with Gasteiger partial charge in [-0.1, -0.05) is 41.1 Å². The number of benzene rings is 1. The quantitative estimate of drug-likeness (QED) is 0.649. The molecule has 1 aliphatic rings. The summed E-state index contributed by atoms with van der Waals surface area (Å²) in [4.78, 5) is 13.3. The zero-order chi connectivity index (χ0) is 15.8. The van der Waals surface area contributed by atoms with E-state index in [1.165, 1.54) is 4.90 Å². The average molecular weight is 369 g/mol. The Balaban J connectivity index is 1.87. The molecule has 0 unspecified atom stereocenters. The van der Waals surface area contributed by atoms with Crippen molar-refractivity contribution in [3.63, 3.8) is 0 Å². The predicted octanol–water partition coefficient (Wildman–Crippen LogP) is 0.736. The van der Waals surface area contributed by atoms with Crippen molar-refractivity contribution < 1.29 is 14.4 Å². The van der Waals surface area contributed by atoms with E-state index < -0.39 is 0 Å². The number of carbonyl (C=O) groups is 1. The summed E-state index contributed by atoms with van der Waals surface area (Å²) >= 11 is 3.43. The molecule has 3 N–H and O–H groups in total. The lowest BCUT2D eigenvalue weighted by Gasteiger charge is -2.23. The highest BCUT2D eigenvalue weighted by Gasteiger charge is 2.17. The van der Waals surface area contributed by atoms with Gasteiger partial charge in [-0.2, -0.15) is 0 Å². The Morgan fingerprint density at radius 3 is 2.59 bits per heavy atom. The Bertz CT molecular complexity index is 511. The van der Waals surface area contributed by atoms with Crippen LogP contribution < -0.4 is 15.8 Å². The lowest BCUT2D eigenvalue weighted by molar-refractivity contribution is -0.900. The Morgan fingerprint density at radius 2 is 1.95 bits per heavy atom. The monoisotopic (exact) mass is 368 g/mol. The third-order valence-electron chi connectivity index (χ3n) is 3.51. The Kier molecular flexibility index (Phi) is 6.89. The second kappa shape index (κ2) is 8.92. The van der Waals surface area contributed by atoms with Gasteiger partial charge in [0.15, 0.2) is 6.54 Å². The van der Waals surface area contributed by atoms with Crippen molar-refractivity contribution in [2.75, 3.05) is 32.8 Å². The summed E-state index contributed by atoms with van der Waals surface area (Å²) in [5.41, 5.74) is 7.81. The van der Waals surface area contributed by atoms with Gasteiger partial charge >= 0.3 is 0 Å². The number of allylic oxidation sites excluding steroid dienone is 1. The van der Waals surface area contributed by atoms with E-state index in [-0.39, 0.29) is 5.91 Å². The number of halogens is 1. The lowest BCUT2D eigenvalue weighted by atomic mass is 10.1. The van der Waals surface area contributed by atoms with Crippen molar-refractivity contribution in [2.24, 2.45) is 0 Å². The Labute approximate surface area is 139 Å². The number of amides is 1. The second-order valence-corrected chi connectivity index (χ2v) is 6.16. The van der Waals surface area contributed by atoms with Crippen LogP contribution in [0.5, 0.6) is 0 Å². The fraction of sp³-hybridized carbons (Fsp3) is 0.438. The van der Waals surface area contributed by atoms with E-state index in [0.717, 1.165) is 48.5 Å². The van der Waals surface area contributed by atoms with Crippen LogP contribution in [0.25, 0.3) is 5.70 Å². The highest BCUT2D eigenvalue weighted by Crippen LogP contribution is 2.16. The molecule has 2 rings (SSSR count). The van der Waals surface area contributed by atoms with Crippen LogP contribution in [0.2, 0.25) is 0 Å². The fourth-order valence-electron chi connectivity index (χ4n) is 2.32. The molecule has 22 heavy (non-hydrogen) atoms. The fourth-order valence-corrected chi connectivity index (χ4v) is 2.58. The van der Waals surface area contributed by atoms with Gasteiger partial charge in [-0.15, -0.1) is 0 Å². The number of morpholine rings is 1. The standard InChI is InChI=1S/C16H22BrN3O2/c1-2-3-15(13-4-6-14(17)7-5-13)18-19-16(21)12-20-8-10-22-11-9-20/h3-7,18H,2,8-12H2,1H3,(H,19,21)/p+1/b15-3-. The van der Waals surface area contributed by atoms with Gasteiger partial charge in [0.2, 0.25) is 0 Å². The molecule has 1 aromatic carbocycles. The number of nitrogens with one attached hydrogen (secondary N) is 3. The largest absolute Gasteiger partial charge is 0.370 e. The third kappa shape index (κ3) is 5.44. The number of hydrogen-bond donors (Lipinski definition) is 3. The number of carbonyl (C=O) groups excluding carboxylic acids is 1. The third-order valence-corrected chi connectivity index (χ3v) is 4.04. The molecule has 0 radical (unpaired) electrons. The van der Waals surface area contributed by atoms with Crippen LogP contribution in [-0.4, -0.2) is 38.8 Å². The molecule has 0 aliphatic carbocycles. The molecular weight excluding hydrogens is 346 g/mol. The number of rotatable bonds is 6. The van der Waals surface area contributed by atoms with Gasteiger partial charge in [-0.25, -0.2) is 0 Å². The highest BCUT2D eigenvalue weighted by atomic mass is 79.9. The number of hydrazine groups is 1. The molecular formula is C16H23BrN3O2+. The topological polar surface area (TPSA) is 54.8 Å². The van der Waals surface area contributed by atoms with E-state index in [4.69, 9.17) is 4.74 Å². The van der Waals surface area contributed by atoms with Crippen LogP contribution in [0.15, 0.2) is 34.8 Å². The van der Waals surface area contributed by atoms with Crippen LogP contribution in [0.3, 0.4) is 0 Å². The molecule has 0 saturated carbocycles. The number of ether oxygens (including phenoxy) is 1. The molecule has 5 nitrogen and oxygen atoms in total. The van der Waals surface area contributed by atoms with E-state index in [0.29, 0.717) is 6.54 Å². The summed E-state index contributed by atoms with van der Waals surface area (Å²) in [5.74, 6) is -0.00369. The second-order valence-electron chi connectivity index (χ2n) is 5.25. The maximum absolute atomic E-state index is 12.0. The lowest BCUT2D eigenvalue weighted by Crippen LogP contribution is -3.15. The minimum atomic E-state index is -0.00369. The average Bonchev–Trinajstić information content (AvgIpc) is 2.53. The molecule has 1 heterocycles. The highest BCUT2D eigenvalue weighted by molar-refractivity contribution is 9.10. The van der Waals surface area contributed by atoms with Gasteiger partial charge in [0.25, 0.3) is 5.91 Å². The first-order valence-corrected chi connectivity index (χ1v) is 8.40. The first kappa shape index (κ1) is 17.0. The summed E-state index contributed by atoms with van der Waals surface area (Å²) in [5, 5.41) is 0. The number of hydrogen-bond acceptors (Lipinski definition) is 3. The molecule has 1 amide bonds. The summed E-state index contributed by atoms with van der Waals surface area (Å²) < 4.78 is 6.33. The van der Waals surface area contributed by atoms with Crippen LogP contribution in [-0.2, 0) is 9.53 Å². The summed E-state index contributed by atoms with van der Waals surface area (Å²) in [6.45, 7) is 5.78. The van der Waals surface area contributed by atoms with Crippen molar-refractivity contribution in [2.45, 2.75) is 13.3 Å². The first-order valence-electron chi connectivity index (χ1n) is 7.61. The van der Waals surface area contributed by atoms with Crippen molar-refractivity contribution in [3.05, 3.63) is 40.4 Å². The van der Waals surface area contributed by atoms with Crippen molar-refractivity contribution in [3.8, 4) is 0 Å².